The molecule has 2 N–H and O–H groups in total. The summed E-state index contributed by atoms with van der Waals surface area (Å²) in [6, 6.07) is -1.15. The van der Waals surface area contributed by atoms with Gasteiger partial charge < -0.3 is 10.4 Å². The van der Waals surface area contributed by atoms with Gasteiger partial charge in [0.1, 0.15) is 0 Å². The molecule has 0 radical (unpaired) electrons. The summed E-state index contributed by atoms with van der Waals surface area (Å²) in [5.41, 5.74) is -1.62. The van der Waals surface area contributed by atoms with Gasteiger partial charge in [-0.25, -0.2) is 0 Å². The van der Waals surface area contributed by atoms with Crippen LogP contribution < -0.4 is 5.32 Å². The standard InChI is InChI=1S/C11H16F3N3O2/c1-6(2)17-9(11(12,13)14)8(4-15-17)10(19)16-7(3)5-18/h4,6-7,18H,5H2,1-3H3,(H,16,19). The number of aliphatic hydroxyl groups excluding tert-OH is 1. The van der Waals surface area contributed by atoms with E-state index in [1.807, 2.05) is 0 Å². The fourth-order valence-corrected chi connectivity index (χ4v) is 1.55. The van der Waals surface area contributed by atoms with Gasteiger partial charge >= 0.3 is 6.18 Å². The molecule has 1 aromatic rings. The fraction of sp³-hybridized carbons (Fsp3) is 0.636. The molecule has 0 saturated heterocycles. The van der Waals surface area contributed by atoms with E-state index in [0.29, 0.717) is 0 Å². The quantitative estimate of drug-likeness (QED) is 0.879. The van der Waals surface area contributed by atoms with Crippen molar-refractivity contribution in [2.45, 2.75) is 39.0 Å². The van der Waals surface area contributed by atoms with E-state index in [4.69, 9.17) is 5.11 Å². The van der Waals surface area contributed by atoms with Crippen LogP contribution in [0, 0.1) is 0 Å². The molecule has 1 rings (SSSR count). The Bertz CT molecular complexity index is 455. The topological polar surface area (TPSA) is 67.2 Å². The first-order valence-electron chi connectivity index (χ1n) is 5.74. The van der Waals surface area contributed by atoms with Gasteiger partial charge in [-0.2, -0.15) is 18.3 Å². The zero-order chi connectivity index (χ0) is 14.8. The van der Waals surface area contributed by atoms with Crippen LogP contribution in [0.5, 0.6) is 0 Å². The molecule has 1 atom stereocenters. The number of halogens is 3. The van der Waals surface area contributed by atoms with Gasteiger partial charge in [0.15, 0.2) is 5.69 Å². The van der Waals surface area contributed by atoms with E-state index < -0.39 is 35.4 Å². The number of carbonyl (C=O) groups excluding carboxylic acids is 1. The molecular formula is C11H16F3N3O2. The molecule has 0 saturated carbocycles. The third-order valence-electron chi connectivity index (χ3n) is 2.45. The summed E-state index contributed by atoms with van der Waals surface area (Å²) < 4.78 is 39.7. The molecule has 0 aliphatic carbocycles. The van der Waals surface area contributed by atoms with E-state index in [9.17, 15) is 18.0 Å². The molecule has 0 bridgehead atoms. The van der Waals surface area contributed by atoms with Gasteiger partial charge in [-0.15, -0.1) is 0 Å². The summed E-state index contributed by atoms with van der Waals surface area (Å²) in [6.07, 6.45) is -3.78. The minimum atomic E-state index is -4.67. The van der Waals surface area contributed by atoms with Gasteiger partial charge in [-0.3, -0.25) is 9.48 Å². The number of aromatic nitrogens is 2. The smallest absolute Gasteiger partial charge is 0.394 e. The highest BCUT2D eigenvalue weighted by Crippen LogP contribution is 2.33. The molecule has 0 aliphatic rings. The molecule has 1 amide bonds. The Labute approximate surface area is 108 Å². The molecule has 0 fully saturated rings. The SMILES string of the molecule is CC(CO)NC(=O)c1cnn(C(C)C)c1C(F)(F)F. The van der Waals surface area contributed by atoms with Crippen molar-refractivity contribution in [2.24, 2.45) is 0 Å². The lowest BCUT2D eigenvalue weighted by molar-refractivity contribution is -0.145. The van der Waals surface area contributed by atoms with Crippen LogP contribution in [0.25, 0.3) is 0 Å². The van der Waals surface area contributed by atoms with Gasteiger partial charge in [-0.05, 0) is 20.8 Å². The maximum absolute atomic E-state index is 13.0. The Morgan fingerprint density at radius 1 is 1.47 bits per heavy atom. The zero-order valence-corrected chi connectivity index (χ0v) is 10.8. The number of hydrogen-bond donors (Lipinski definition) is 2. The molecule has 108 valence electrons. The van der Waals surface area contributed by atoms with Crippen molar-refractivity contribution in [1.29, 1.82) is 0 Å². The minimum Gasteiger partial charge on any atom is -0.394 e. The number of rotatable bonds is 4. The highest BCUT2D eigenvalue weighted by molar-refractivity contribution is 5.95. The predicted molar refractivity (Wildman–Crippen MR) is 61.6 cm³/mol. The third kappa shape index (κ3) is 3.46. The summed E-state index contributed by atoms with van der Waals surface area (Å²) in [7, 11) is 0. The van der Waals surface area contributed by atoms with Crippen molar-refractivity contribution < 1.29 is 23.1 Å². The highest BCUT2D eigenvalue weighted by Gasteiger charge is 2.40. The molecule has 1 aromatic heterocycles. The number of hydrogen-bond acceptors (Lipinski definition) is 3. The zero-order valence-electron chi connectivity index (χ0n) is 10.8. The first kappa shape index (κ1) is 15.5. The van der Waals surface area contributed by atoms with Gasteiger partial charge in [-0.1, -0.05) is 0 Å². The third-order valence-corrected chi connectivity index (χ3v) is 2.45. The highest BCUT2D eigenvalue weighted by atomic mass is 19.4. The van der Waals surface area contributed by atoms with E-state index in [1.165, 1.54) is 6.92 Å². The first-order valence-corrected chi connectivity index (χ1v) is 5.74. The van der Waals surface area contributed by atoms with Crippen molar-refractivity contribution in [3.8, 4) is 0 Å². The second-order valence-electron chi connectivity index (χ2n) is 4.50. The number of amides is 1. The van der Waals surface area contributed by atoms with Crippen LogP contribution >= 0.6 is 0 Å². The molecule has 1 heterocycles. The predicted octanol–water partition coefficient (Wildman–Crippen LogP) is 1.59. The lowest BCUT2D eigenvalue weighted by Gasteiger charge is -2.16. The summed E-state index contributed by atoms with van der Waals surface area (Å²) in [4.78, 5) is 11.7. The summed E-state index contributed by atoms with van der Waals surface area (Å²) in [6.45, 7) is 4.21. The molecule has 8 heteroatoms. The number of carbonyl (C=O) groups is 1. The van der Waals surface area contributed by atoms with Crippen molar-refractivity contribution in [1.82, 2.24) is 15.1 Å². The Morgan fingerprint density at radius 2 is 2.05 bits per heavy atom. The van der Waals surface area contributed by atoms with Gasteiger partial charge in [0.25, 0.3) is 5.91 Å². The lowest BCUT2D eigenvalue weighted by Crippen LogP contribution is -2.36. The lowest BCUT2D eigenvalue weighted by atomic mass is 10.2. The van der Waals surface area contributed by atoms with Crippen LogP contribution in [-0.4, -0.2) is 33.4 Å². The van der Waals surface area contributed by atoms with E-state index in [1.54, 1.807) is 13.8 Å². The number of aliphatic hydroxyl groups is 1. The van der Waals surface area contributed by atoms with Gasteiger partial charge in [0.2, 0.25) is 0 Å². The maximum atomic E-state index is 13.0. The van der Waals surface area contributed by atoms with Crippen LogP contribution in [0.1, 0.15) is 42.9 Å². The van der Waals surface area contributed by atoms with Crippen LogP contribution in [0.3, 0.4) is 0 Å². The molecule has 1 unspecified atom stereocenters. The van der Waals surface area contributed by atoms with Crippen molar-refractivity contribution in [3.05, 3.63) is 17.5 Å². The van der Waals surface area contributed by atoms with Crippen LogP contribution in [-0.2, 0) is 6.18 Å². The van der Waals surface area contributed by atoms with E-state index in [0.717, 1.165) is 10.9 Å². The second-order valence-corrected chi connectivity index (χ2v) is 4.50. The van der Waals surface area contributed by atoms with E-state index in [-0.39, 0.29) is 6.61 Å². The van der Waals surface area contributed by atoms with Crippen molar-refractivity contribution in [3.63, 3.8) is 0 Å². The largest absolute Gasteiger partial charge is 0.433 e. The van der Waals surface area contributed by atoms with Gasteiger partial charge in [0, 0.05) is 12.1 Å². The first-order chi connectivity index (χ1) is 8.68. The van der Waals surface area contributed by atoms with Crippen molar-refractivity contribution in [2.75, 3.05) is 6.61 Å². The molecule has 19 heavy (non-hydrogen) atoms. The molecule has 0 spiro atoms. The average molecular weight is 279 g/mol. The van der Waals surface area contributed by atoms with Crippen LogP contribution in [0.15, 0.2) is 6.20 Å². The monoisotopic (exact) mass is 279 g/mol. The Kier molecular flexibility index (Phi) is 4.56. The number of alkyl halides is 3. The molecule has 0 aliphatic heterocycles. The van der Waals surface area contributed by atoms with Crippen LogP contribution in [0.2, 0.25) is 0 Å². The number of nitrogens with zero attached hydrogens (tertiary/aromatic N) is 2. The Morgan fingerprint density at radius 3 is 2.47 bits per heavy atom. The Hall–Kier alpha value is -1.57. The fourth-order valence-electron chi connectivity index (χ4n) is 1.55. The summed E-state index contributed by atoms with van der Waals surface area (Å²) in [5, 5.41) is 14.7. The van der Waals surface area contributed by atoms with Gasteiger partial charge in [0.05, 0.1) is 18.4 Å². The molecule has 0 aromatic carbocycles. The van der Waals surface area contributed by atoms with E-state index >= 15 is 0 Å². The summed E-state index contributed by atoms with van der Waals surface area (Å²) >= 11 is 0. The second kappa shape index (κ2) is 5.60. The minimum absolute atomic E-state index is 0.356. The normalized spacial score (nSPS) is 13.7. The van der Waals surface area contributed by atoms with Crippen LogP contribution in [0.4, 0.5) is 13.2 Å². The van der Waals surface area contributed by atoms with Crippen molar-refractivity contribution >= 4 is 5.91 Å². The van der Waals surface area contributed by atoms with E-state index in [2.05, 4.69) is 10.4 Å². The number of nitrogens with one attached hydrogen (secondary N) is 1. The Balaban J connectivity index is 3.18. The average Bonchev–Trinajstić information content (AvgIpc) is 2.72. The summed E-state index contributed by atoms with van der Waals surface area (Å²) in [5.74, 6) is -0.902. The maximum Gasteiger partial charge on any atom is 0.433 e. The molecular weight excluding hydrogens is 263 g/mol. The molecule has 5 nitrogen and oxygen atoms in total.